The molecule has 7 nitrogen and oxygen atoms in total. The van der Waals surface area contributed by atoms with Crippen molar-refractivity contribution in [3.05, 3.63) is 65.7 Å². The van der Waals surface area contributed by atoms with Gasteiger partial charge in [-0.05, 0) is 42.7 Å². The zero-order chi connectivity index (χ0) is 20.6. The van der Waals surface area contributed by atoms with Crippen LogP contribution in [0.1, 0.15) is 28.8 Å². The van der Waals surface area contributed by atoms with Crippen molar-refractivity contribution in [1.82, 2.24) is 15.5 Å². The van der Waals surface area contributed by atoms with E-state index in [9.17, 15) is 14.7 Å². The predicted molar refractivity (Wildman–Crippen MR) is 110 cm³/mol. The maximum atomic E-state index is 12.6. The van der Waals surface area contributed by atoms with Crippen molar-refractivity contribution in [1.29, 1.82) is 0 Å². The number of aliphatic hydroxyl groups is 1. The third kappa shape index (κ3) is 5.71. The summed E-state index contributed by atoms with van der Waals surface area (Å²) in [6, 6.07) is 15.7. The van der Waals surface area contributed by atoms with Crippen molar-refractivity contribution in [2.45, 2.75) is 31.5 Å². The average Bonchev–Trinajstić information content (AvgIpc) is 2.94. The molecule has 1 saturated heterocycles. The zero-order valence-corrected chi connectivity index (χ0v) is 16.5. The summed E-state index contributed by atoms with van der Waals surface area (Å²) in [7, 11) is 1.56. The van der Waals surface area contributed by atoms with Crippen molar-refractivity contribution < 1.29 is 19.4 Å². The highest BCUT2D eigenvalue weighted by atomic mass is 16.5. The van der Waals surface area contributed by atoms with E-state index >= 15 is 0 Å². The smallest absolute Gasteiger partial charge is 0.317 e. The normalized spacial score (nSPS) is 19.2. The van der Waals surface area contributed by atoms with Gasteiger partial charge in [0.15, 0.2) is 0 Å². The fourth-order valence-corrected chi connectivity index (χ4v) is 3.35. The third-order valence-corrected chi connectivity index (χ3v) is 5.05. The molecule has 0 aliphatic carbocycles. The number of aliphatic hydroxyl groups excluding tert-OH is 1. The van der Waals surface area contributed by atoms with Gasteiger partial charge in [0.2, 0.25) is 0 Å². The summed E-state index contributed by atoms with van der Waals surface area (Å²) in [4.78, 5) is 26.8. The Morgan fingerprint density at radius 2 is 1.86 bits per heavy atom. The number of nitrogens with zero attached hydrogens (tertiary/aromatic N) is 1. The molecule has 1 fully saturated rings. The second-order valence-corrected chi connectivity index (χ2v) is 7.11. The number of likely N-dealkylation sites (tertiary alicyclic amines) is 1. The first-order valence-corrected chi connectivity index (χ1v) is 9.76. The SMILES string of the molecule is COc1ccc(C(=O)NC2CN(C(=O)NCc3ccccc3)CCCC2O)cc1. The zero-order valence-electron chi connectivity index (χ0n) is 16.5. The van der Waals surface area contributed by atoms with Gasteiger partial charge in [-0.1, -0.05) is 30.3 Å². The highest BCUT2D eigenvalue weighted by Gasteiger charge is 2.29. The van der Waals surface area contributed by atoms with Gasteiger partial charge in [-0.25, -0.2) is 4.79 Å². The molecule has 154 valence electrons. The van der Waals surface area contributed by atoms with E-state index in [1.807, 2.05) is 30.3 Å². The lowest BCUT2D eigenvalue weighted by molar-refractivity contribution is 0.0809. The van der Waals surface area contributed by atoms with Crippen LogP contribution in [-0.4, -0.2) is 54.3 Å². The molecular weight excluding hydrogens is 370 g/mol. The molecule has 0 saturated carbocycles. The first-order valence-electron chi connectivity index (χ1n) is 9.76. The summed E-state index contributed by atoms with van der Waals surface area (Å²) in [5.74, 6) is 0.376. The summed E-state index contributed by atoms with van der Waals surface area (Å²) < 4.78 is 5.10. The highest BCUT2D eigenvalue weighted by Crippen LogP contribution is 2.15. The van der Waals surface area contributed by atoms with Crippen LogP contribution in [0.15, 0.2) is 54.6 Å². The van der Waals surface area contributed by atoms with Crippen molar-refractivity contribution in [2.24, 2.45) is 0 Å². The van der Waals surface area contributed by atoms with E-state index in [1.54, 1.807) is 36.3 Å². The van der Waals surface area contributed by atoms with E-state index in [-0.39, 0.29) is 18.5 Å². The first-order chi connectivity index (χ1) is 14.1. The minimum atomic E-state index is -0.705. The summed E-state index contributed by atoms with van der Waals surface area (Å²) >= 11 is 0. The molecule has 0 aromatic heterocycles. The number of hydrogen-bond acceptors (Lipinski definition) is 4. The van der Waals surface area contributed by atoms with Crippen molar-refractivity contribution in [2.75, 3.05) is 20.2 Å². The lowest BCUT2D eigenvalue weighted by atomic mass is 10.1. The standard InChI is InChI=1S/C22H27N3O4/c1-29-18-11-9-17(10-12-18)21(27)24-19-15-25(13-5-8-20(19)26)22(28)23-14-16-6-3-2-4-7-16/h2-4,6-7,9-12,19-20,26H,5,8,13-15H2,1H3,(H,23,28)(H,24,27). The third-order valence-electron chi connectivity index (χ3n) is 5.05. The number of carbonyl (C=O) groups excluding carboxylic acids is 2. The topological polar surface area (TPSA) is 90.9 Å². The number of amides is 3. The monoisotopic (exact) mass is 397 g/mol. The molecule has 2 unspecified atom stereocenters. The van der Waals surface area contributed by atoms with Crippen LogP contribution in [0.2, 0.25) is 0 Å². The molecule has 29 heavy (non-hydrogen) atoms. The number of hydrogen-bond donors (Lipinski definition) is 3. The molecule has 0 bridgehead atoms. The Hall–Kier alpha value is -3.06. The molecule has 1 aliphatic rings. The highest BCUT2D eigenvalue weighted by molar-refractivity contribution is 5.94. The van der Waals surface area contributed by atoms with Gasteiger partial charge in [0.1, 0.15) is 5.75 Å². The van der Waals surface area contributed by atoms with Gasteiger partial charge in [-0.15, -0.1) is 0 Å². The molecule has 1 aliphatic heterocycles. The number of benzene rings is 2. The molecule has 3 rings (SSSR count). The van der Waals surface area contributed by atoms with Gasteiger partial charge >= 0.3 is 6.03 Å². The predicted octanol–water partition coefficient (Wildman–Crippen LogP) is 2.16. The fourth-order valence-electron chi connectivity index (χ4n) is 3.35. The Morgan fingerprint density at radius 3 is 2.55 bits per heavy atom. The van der Waals surface area contributed by atoms with Crippen molar-refractivity contribution in [3.63, 3.8) is 0 Å². The largest absolute Gasteiger partial charge is 0.497 e. The van der Waals surface area contributed by atoms with Crippen LogP contribution in [0.5, 0.6) is 5.75 Å². The number of urea groups is 1. The van der Waals surface area contributed by atoms with Gasteiger partial charge in [-0.2, -0.15) is 0 Å². The maximum absolute atomic E-state index is 12.6. The van der Waals surface area contributed by atoms with Crippen LogP contribution in [0.3, 0.4) is 0 Å². The van der Waals surface area contributed by atoms with E-state index in [4.69, 9.17) is 4.74 Å². The Bertz CT molecular complexity index is 811. The van der Waals surface area contributed by atoms with Gasteiger partial charge < -0.3 is 25.4 Å². The van der Waals surface area contributed by atoms with Gasteiger partial charge in [0, 0.05) is 25.2 Å². The summed E-state index contributed by atoms with van der Waals surface area (Å²) in [6.45, 7) is 1.22. The molecule has 2 atom stereocenters. The Morgan fingerprint density at radius 1 is 1.14 bits per heavy atom. The van der Waals surface area contributed by atoms with Crippen LogP contribution < -0.4 is 15.4 Å². The van der Waals surface area contributed by atoms with Crippen molar-refractivity contribution in [3.8, 4) is 5.75 Å². The molecular formula is C22H27N3O4. The number of carbonyl (C=O) groups is 2. The number of rotatable bonds is 5. The molecule has 2 aromatic rings. The van der Waals surface area contributed by atoms with E-state index in [0.717, 1.165) is 5.56 Å². The Kier molecular flexibility index (Phi) is 7.08. The summed E-state index contributed by atoms with van der Waals surface area (Å²) in [5, 5.41) is 16.2. The minimum Gasteiger partial charge on any atom is -0.497 e. The van der Waals surface area contributed by atoms with E-state index in [1.165, 1.54) is 0 Å². The molecule has 0 spiro atoms. The maximum Gasteiger partial charge on any atom is 0.317 e. The van der Waals surface area contributed by atoms with Gasteiger partial charge in [0.05, 0.1) is 19.3 Å². The number of methoxy groups -OCH3 is 1. The fraction of sp³-hybridized carbons (Fsp3) is 0.364. The quantitative estimate of drug-likeness (QED) is 0.721. The molecule has 3 amide bonds. The van der Waals surface area contributed by atoms with E-state index in [0.29, 0.717) is 37.2 Å². The number of ether oxygens (including phenoxy) is 1. The van der Waals surface area contributed by atoms with Crippen LogP contribution >= 0.6 is 0 Å². The lowest BCUT2D eigenvalue weighted by Crippen LogP contribution is -2.51. The Balaban J connectivity index is 1.60. The second kappa shape index (κ2) is 9.93. The Labute approximate surface area is 170 Å². The molecule has 1 heterocycles. The summed E-state index contributed by atoms with van der Waals surface area (Å²) in [6.07, 6.45) is 0.495. The minimum absolute atomic E-state index is 0.202. The van der Waals surface area contributed by atoms with Crippen molar-refractivity contribution >= 4 is 11.9 Å². The van der Waals surface area contributed by atoms with Crippen LogP contribution in [0.25, 0.3) is 0 Å². The molecule has 3 N–H and O–H groups in total. The van der Waals surface area contributed by atoms with Crippen LogP contribution in [0, 0.1) is 0 Å². The molecule has 0 radical (unpaired) electrons. The molecule has 2 aromatic carbocycles. The number of nitrogens with one attached hydrogen (secondary N) is 2. The van der Waals surface area contributed by atoms with E-state index < -0.39 is 12.1 Å². The van der Waals surface area contributed by atoms with Gasteiger partial charge in [-0.3, -0.25) is 4.79 Å². The average molecular weight is 397 g/mol. The van der Waals surface area contributed by atoms with Gasteiger partial charge in [0.25, 0.3) is 5.91 Å². The lowest BCUT2D eigenvalue weighted by Gasteiger charge is -2.27. The van der Waals surface area contributed by atoms with Crippen LogP contribution in [0.4, 0.5) is 4.79 Å². The van der Waals surface area contributed by atoms with Crippen LogP contribution in [-0.2, 0) is 6.54 Å². The van der Waals surface area contributed by atoms with E-state index in [2.05, 4.69) is 10.6 Å². The first kappa shape index (κ1) is 20.7. The molecule has 7 heteroatoms. The second-order valence-electron chi connectivity index (χ2n) is 7.11. The summed E-state index contributed by atoms with van der Waals surface area (Å²) in [5.41, 5.74) is 1.49.